The summed E-state index contributed by atoms with van der Waals surface area (Å²) in [6.07, 6.45) is 0. The van der Waals surface area contributed by atoms with Gasteiger partial charge in [0.25, 0.3) is 5.69 Å². The molecule has 1 unspecified atom stereocenters. The molecule has 20 heavy (non-hydrogen) atoms. The molecule has 0 amide bonds. The van der Waals surface area contributed by atoms with Crippen LogP contribution in [0.25, 0.3) is 0 Å². The van der Waals surface area contributed by atoms with Gasteiger partial charge < -0.3 is 14.4 Å². The molecule has 0 N–H and O–H groups in total. The van der Waals surface area contributed by atoms with Crippen LogP contribution in [0.4, 0.5) is 11.4 Å². The maximum Gasteiger partial charge on any atom is 0.337 e. The fraction of sp³-hybridized carbons (Fsp3) is 0.462. The fourth-order valence-corrected chi connectivity index (χ4v) is 2.24. The molecule has 7 heteroatoms. The number of nitro groups is 1. The van der Waals surface area contributed by atoms with Crippen LogP contribution < -0.4 is 4.90 Å². The summed E-state index contributed by atoms with van der Waals surface area (Å²) in [5.74, 6) is -0.512. The van der Waals surface area contributed by atoms with Crippen molar-refractivity contribution in [2.24, 2.45) is 0 Å². The molecule has 1 fully saturated rings. The number of nitro benzene ring substituents is 1. The highest BCUT2D eigenvalue weighted by Gasteiger charge is 2.27. The average Bonchev–Trinajstić information content (AvgIpc) is 2.46. The molecular formula is C13H16N2O5. The number of nitrogens with zero attached hydrogens (tertiary/aromatic N) is 2. The lowest BCUT2D eigenvalue weighted by Crippen LogP contribution is -2.44. The van der Waals surface area contributed by atoms with Crippen LogP contribution in [0.5, 0.6) is 0 Å². The number of morpholine rings is 1. The van der Waals surface area contributed by atoms with Crippen LogP contribution in [-0.4, -0.2) is 43.8 Å². The summed E-state index contributed by atoms with van der Waals surface area (Å²) in [4.78, 5) is 24.2. The first-order chi connectivity index (χ1) is 9.54. The molecule has 0 spiro atoms. The number of ether oxygens (including phenoxy) is 2. The van der Waals surface area contributed by atoms with Gasteiger partial charge in [-0.1, -0.05) is 0 Å². The Morgan fingerprint density at radius 2 is 2.30 bits per heavy atom. The molecule has 1 aliphatic heterocycles. The number of methoxy groups -OCH3 is 1. The quantitative estimate of drug-likeness (QED) is 0.475. The van der Waals surface area contributed by atoms with E-state index in [4.69, 9.17) is 4.74 Å². The minimum atomic E-state index is -0.512. The molecular weight excluding hydrogens is 264 g/mol. The zero-order valence-corrected chi connectivity index (χ0v) is 11.4. The van der Waals surface area contributed by atoms with Crippen molar-refractivity contribution >= 4 is 17.3 Å². The summed E-state index contributed by atoms with van der Waals surface area (Å²) in [6, 6.07) is 4.25. The first-order valence-electron chi connectivity index (χ1n) is 6.25. The van der Waals surface area contributed by atoms with Crippen LogP contribution >= 0.6 is 0 Å². The second-order valence-corrected chi connectivity index (χ2v) is 4.57. The Labute approximate surface area is 116 Å². The van der Waals surface area contributed by atoms with Crippen molar-refractivity contribution in [1.82, 2.24) is 0 Å². The van der Waals surface area contributed by atoms with Gasteiger partial charge in [0.1, 0.15) is 5.69 Å². The van der Waals surface area contributed by atoms with E-state index in [-0.39, 0.29) is 11.7 Å². The highest BCUT2D eigenvalue weighted by atomic mass is 16.6. The van der Waals surface area contributed by atoms with Gasteiger partial charge >= 0.3 is 5.97 Å². The normalized spacial score (nSPS) is 18.7. The lowest BCUT2D eigenvalue weighted by atomic mass is 10.1. The molecule has 0 saturated carbocycles. The molecule has 2 rings (SSSR count). The van der Waals surface area contributed by atoms with Crippen molar-refractivity contribution in [2.75, 3.05) is 31.8 Å². The zero-order valence-electron chi connectivity index (χ0n) is 11.4. The van der Waals surface area contributed by atoms with E-state index < -0.39 is 10.9 Å². The molecule has 7 nitrogen and oxygen atoms in total. The van der Waals surface area contributed by atoms with Crippen LogP contribution in [0.1, 0.15) is 17.3 Å². The van der Waals surface area contributed by atoms with Crippen LogP contribution in [0.15, 0.2) is 18.2 Å². The van der Waals surface area contributed by atoms with Crippen LogP contribution in [0.3, 0.4) is 0 Å². The molecule has 1 saturated heterocycles. The van der Waals surface area contributed by atoms with E-state index in [9.17, 15) is 14.9 Å². The first kappa shape index (κ1) is 14.3. The molecule has 1 aromatic rings. The summed E-state index contributed by atoms with van der Waals surface area (Å²) >= 11 is 0. The van der Waals surface area contributed by atoms with Gasteiger partial charge in [-0.15, -0.1) is 0 Å². The Morgan fingerprint density at radius 3 is 2.90 bits per heavy atom. The minimum Gasteiger partial charge on any atom is -0.465 e. The monoisotopic (exact) mass is 280 g/mol. The summed E-state index contributed by atoms with van der Waals surface area (Å²) in [7, 11) is 1.28. The SMILES string of the molecule is COC(=O)c1ccc([N+](=O)[O-])c(N2CCOCC2C)c1. The molecule has 1 aliphatic rings. The lowest BCUT2D eigenvalue weighted by molar-refractivity contribution is -0.384. The number of esters is 1. The van der Waals surface area contributed by atoms with E-state index >= 15 is 0 Å². The van der Waals surface area contributed by atoms with Crippen molar-refractivity contribution < 1.29 is 19.2 Å². The standard InChI is InChI=1S/C13H16N2O5/c1-9-8-20-6-5-14(9)12-7-10(13(16)19-2)3-4-11(12)15(17)18/h3-4,7,9H,5-6,8H2,1-2H3. The Morgan fingerprint density at radius 1 is 1.55 bits per heavy atom. The Bertz CT molecular complexity index is 531. The highest BCUT2D eigenvalue weighted by Crippen LogP contribution is 2.31. The smallest absolute Gasteiger partial charge is 0.337 e. The minimum absolute atomic E-state index is 0.00958. The van der Waals surface area contributed by atoms with Gasteiger partial charge in [0.2, 0.25) is 0 Å². The van der Waals surface area contributed by atoms with Crippen molar-refractivity contribution in [1.29, 1.82) is 0 Å². The Balaban J connectivity index is 2.46. The number of hydrogen-bond acceptors (Lipinski definition) is 6. The Kier molecular flexibility index (Phi) is 4.19. The third kappa shape index (κ3) is 2.72. The van der Waals surface area contributed by atoms with E-state index in [0.717, 1.165) is 0 Å². The maximum atomic E-state index is 11.6. The van der Waals surface area contributed by atoms with E-state index in [1.807, 2.05) is 11.8 Å². The summed E-state index contributed by atoms with van der Waals surface area (Å²) in [5.41, 5.74) is 0.701. The Hall–Kier alpha value is -2.15. The van der Waals surface area contributed by atoms with E-state index in [2.05, 4.69) is 4.74 Å². The van der Waals surface area contributed by atoms with Crippen LogP contribution in [-0.2, 0) is 9.47 Å². The van der Waals surface area contributed by atoms with Gasteiger partial charge in [-0.3, -0.25) is 10.1 Å². The predicted octanol–water partition coefficient (Wildman–Crippen LogP) is 1.61. The molecule has 0 radical (unpaired) electrons. The van der Waals surface area contributed by atoms with Gasteiger partial charge in [0.15, 0.2) is 0 Å². The summed E-state index contributed by atoms with van der Waals surface area (Å²) in [5, 5.41) is 11.2. The first-order valence-corrected chi connectivity index (χ1v) is 6.25. The fourth-order valence-electron chi connectivity index (χ4n) is 2.24. The molecule has 0 aliphatic carbocycles. The van der Waals surface area contributed by atoms with Gasteiger partial charge in [-0.2, -0.15) is 0 Å². The van der Waals surface area contributed by atoms with Gasteiger partial charge in [0, 0.05) is 18.7 Å². The number of carbonyl (C=O) groups excluding carboxylic acids is 1. The largest absolute Gasteiger partial charge is 0.465 e. The number of rotatable bonds is 3. The number of benzene rings is 1. The molecule has 1 aromatic carbocycles. The van der Waals surface area contributed by atoms with Gasteiger partial charge in [-0.05, 0) is 19.1 Å². The second kappa shape index (κ2) is 5.87. The topological polar surface area (TPSA) is 81.9 Å². The number of hydrogen-bond donors (Lipinski definition) is 0. The zero-order chi connectivity index (χ0) is 14.7. The van der Waals surface area contributed by atoms with E-state index in [1.165, 1.54) is 25.3 Å². The molecule has 1 heterocycles. The molecule has 108 valence electrons. The molecule has 0 aromatic heterocycles. The number of anilines is 1. The molecule has 1 atom stereocenters. The predicted molar refractivity (Wildman–Crippen MR) is 72.1 cm³/mol. The summed E-state index contributed by atoms with van der Waals surface area (Å²) in [6.45, 7) is 3.48. The average molecular weight is 280 g/mol. The van der Waals surface area contributed by atoms with Crippen molar-refractivity contribution in [3.05, 3.63) is 33.9 Å². The third-order valence-electron chi connectivity index (χ3n) is 3.27. The second-order valence-electron chi connectivity index (χ2n) is 4.57. The van der Waals surface area contributed by atoms with E-state index in [1.54, 1.807) is 0 Å². The maximum absolute atomic E-state index is 11.6. The summed E-state index contributed by atoms with van der Waals surface area (Å²) < 4.78 is 9.98. The van der Waals surface area contributed by atoms with E-state index in [0.29, 0.717) is 31.0 Å². The third-order valence-corrected chi connectivity index (χ3v) is 3.27. The van der Waals surface area contributed by atoms with Gasteiger partial charge in [0.05, 0.1) is 30.8 Å². The molecule has 0 bridgehead atoms. The van der Waals surface area contributed by atoms with Crippen LogP contribution in [0, 0.1) is 10.1 Å². The van der Waals surface area contributed by atoms with Crippen molar-refractivity contribution in [2.45, 2.75) is 13.0 Å². The van der Waals surface area contributed by atoms with Gasteiger partial charge in [-0.25, -0.2) is 4.79 Å². The van der Waals surface area contributed by atoms with Crippen molar-refractivity contribution in [3.63, 3.8) is 0 Å². The lowest BCUT2D eigenvalue weighted by Gasteiger charge is -2.34. The highest BCUT2D eigenvalue weighted by molar-refractivity contribution is 5.91. The number of carbonyl (C=O) groups is 1. The van der Waals surface area contributed by atoms with Crippen molar-refractivity contribution in [3.8, 4) is 0 Å². The van der Waals surface area contributed by atoms with Crippen LogP contribution in [0.2, 0.25) is 0 Å².